The van der Waals surface area contributed by atoms with Crippen molar-refractivity contribution in [3.8, 4) is 0 Å². The molecule has 0 radical (unpaired) electrons. The van der Waals surface area contributed by atoms with E-state index in [0.29, 0.717) is 0 Å². The quantitative estimate of drug-likeness (QED) is 0.742. The average Bonchev–Trinajstić information content (AvgIpc) is 2.88. The van der Waals surface area contributed by atoms with Gasteiger partial charge in [-0.15, -0.1) is 0 Å². The maximum atomic E-state index is 3.32. The molecule has 0 saturated heterocycles. The van der Waals surface area contributed by atoms with Crippen molar-refractivity contribution < 1.29 is 0 Å². The Morgan fingerprint density at radius 2 is 2.00 bits per heavy atom. The number of rotatable bonds is 3. The van der Waals surface area contributed by atoms with Crippen LogP contribution in [0, 0.1) is 12.8 Å². The van der Waals surface area contributed by atoms with Crippen LogP contribution in [0.5, 0.6) is 0 Å². The van der Waals surface area contributed by atoms with Crippen LogP contribution < -0.4 is 5.32 Å². The van der Waals surface area contributed by atoms with Crippen molar-refractivity contribution in [2.45, 2.75) is 25.8 Å². The Bertz CT molecular complexity index is 276. The third-order valence-electron chi connectivity index (χ3n) is 2.91. The van der Waals surface area contributed by atoms with Crippen molar-refractivity contribution in [3.63, 3.8) is 0 Å². The highest BCUT2D eigenvalue weighted by Gasteiger charge is 2.34. The molecular weight excluding hydrogens is 158 g/mol. The Kier molecular flexibility index (Phi) is 2.36. The predicted molar refractivity (Wildman–Crippen MR) is 55.8 cm³/mol. The van der Waals surface area contributed by atoms with Crippen LogP contribution in [0.2, 0.25) is 0 Å². The minimum atomic E-state index is 0.779. The molecule has 0 amide bonds. The van der Waals surface area contributed by atoms with Crippen molar-refractivity contribution >= 4 is 0 Å². The fourth-order valence-electron chi connectivity index (χ4n) is 1.85. The summed E-state index contributed by atoms with van der Waals surface area (Å²) in [5.41, 5.74) is 2.83. The van der Waals surface area contributed by atoms with Gasteiger partial charge in [-0.2, -0.15) is 0 Å². The summed E-state index contributed by atoms with van der Waals surface area (Å²) >= 11 is 0. The van der Waals surface area contributed by atoms with Gasteiger partial charge >= 0.3 is 0 Å². The van der Waals surface area contributed by atoms with Crippen molar-refractivity contribution in [2.24, 2.45) is 5.92 Å². The van der Waals surface area contributed by atoms with Gasteiger partial charge in [-0.1, -0.05) is 29.8 Å². The minimum absolute atomic E-state index is 0.779. The molecule has 1 aliphatic rings. The molecule has 0 bridgehead atoms. The van der Waals surface area contributed by atoms with Crippen LogP contribution in [-0.4, -0.2) is 13.1 Å². The lowest BCUT2D eigenvalue weighted by atomic mass is 10.1. The standard InChI is InChI=1S/C12H17N/c1-9-3-5-10(6-4-9)7-11-8-12(11)13-2/h3-6,11-13H,7-8H2,1-2H3. The summed E-state index contributed by atoms with van der Waals surface area (Å²) in [4.78, 5) is 0. The smallest absolute Gasteiger partial charge is 0.00994 e. The van der Waals surface area contributed by atoms with E-state index in [1.165, 1.54) is 24.0 Å². The van der Waals surface area contributed by atoms with Gasteiger partial charge in [-0.25, -0.2) is 0 Å². The van der Waals surface area contributed by atoms with Crippen LogP contribution in [-0.2, 0) is 6.42 Å². The Labute approximate surface area is 80.2 Å². The number of aryl methyl sites for hydroxylation is 1. The first-order valence-corrected chi connectivity index (χ1v) is 5.02. The van der Waals surface area contributed by atoms with Gasteiger partial charge in [0.1, 0.15) is 0 Å². The average molecular weight is 175 g/mol. The molecule has 2 atom stereocenters. The summed E-state index contributed by atoms with van der Waals surface area (Å²) < 4.78 is 0. The molecule has 2 rings (SSSR count). The predicted octanol–water partition coefficient (Wildman–Crippen LogP) is 2.15. The van der Waals surface area contributed by atoms with E-state index in [1.54, 1.807) is 0 Å². The molecule has 2 unspecified atom stereocenters. The number of hydrogen-bond donors (Lipinski definition) is 1. The van der Waals surface area contributed by atoms with Crippen LogP contribution in [0.3, 0.4) is 0 Å². The number of benzene rings is 1. The zero-order valence-corrected chi connectivity index (χ0v) is 8.38. The maximum absolute atomic E-state index is 3.32. The van der Waals surface area contributed by atoms with Gasteiger partial charge < -0.3 is 5.32 Å². The highest BCUT2D eigenvalue weighted by atomic mass is 14.9. The van der Waals surface area contributed by atoms with Gasteiger partial charge in [0.25, 0.3) is 0 Å². The van der Waals surface area contributed by atoms with E-state index < -0.39 is 0 Å². The lowest BCUT2D eigenvalue weighted by molar-refractivity contribution is 0.702. The summed E-state index contributed by atoms with van der Waals surface area (Å²) in [6.45, 7) is 2.14. The van der Waals surface area contributed by atoms with Gasteiger partial charge in [0.15, 0.2) is 0 Å². The Morgan fingerprint density at radius 3 is 2.54 bits per heavy atom. The molecule has 1 aromatic rings. The molecule has 0 aromatic heterocycles. The number of hydrogen-bond acceptors (Lipinski definition) is 1. The van der Waals surface area contributed by atoms with Crippen LogP contribution >= 0.6 is 0 Å². The fraction of sp³-hybridized carbons (Fsp3) is 0.500. The van der Waals surface area contributed by atoms with E-state index in [4.69, 9.17) is 0 Å². The second kappa shape index (κ2) is 3.51. The van der Waals surface area contributed by atoms with Gasteiger partial charge in [-0.3, -0.25) is 0 Å². The topological polar surface area (TPSA) is 12.0 Å². The summed E-state index contributed by atoms with van der Waals surface area (Å²) in [6, 6.07) is 9.68. The van der Waals surface area contributed by atoms with Gasteiger partial charge in [-0.05, 0) is 38.3 Å². The fourth-order valence-corrected chi connectivity index (χ4v) is 1.85. The molecule has 1 N–H and O–H groups in total. The van der Waals surface area contributed by atoms with E-state index in [1.807, 2.05) is 0 Å². The normalized spacial score (nSPS) is 26.0. The molecule has 70 valence electrons. The molecule has 1 nitrogen and oxygen atoms in total. The van der Waals surface area contributed by atoms with Crippen LogP contribution in [0.4, 0.5) is 0 Å². The second-order valence-electron chi connectivity index (χ2n) is 4.08. The SMILES string of the molecule is CNC1CC1Cc1ccc(C)cc1. The zero-order chi connectivity index (χ0) is 9.26. The molecule has 1 aliphatic carbocycles. The molecule has 1 fully saturated rings. The lowest BCUT2D eigenvalue weighted by Crippen LogP contribution is -2.11. The minimum Gasteiger partial charge on any atom is -0.317 e. The van der Waals surface area contributed by atoms with E-state index in [0.717, 1.165) is 12.0 Å². The largest absolute Gasteiger partial charge is 0.317 e. The molecule has 0 aliphatic heterocycles. The van der Waals surface area contributed by atoms with Gasteiger partial charge in [0.2, 0.25) is 0 Å². The van der Waals surface area contributed by atoms with Crippen LogP contribution in [0.15, 0.2) is 24.3 Å². The summed E-state index contributed by atoms with van der Waals surface area (Å²) in [6.07, 6.45) is 2.59. The van der Waals surface area contributed by atoms with E-state index in [2.05, 4.69) is 43.6 Å². The van der Waals surface area contributed by atoms with Crippen molar-refractivity contribution in [1.82, 2.24) is 5.32 Å². The highest BCUT2D eigenvalue weighted by Crippen LogP contribution is 2.33. The van der Waals surface area contributed by atoms with Crippen LogP contribution in [0.25, 0.3) is 0 Å². The summed E-state index contributed by atoms with van der Waals surface area (Å²) in [5.74, 6) is 0.882. The third kappa shape index (κ3) is 2.10. The molecular formula is C12H17N. The lowest BCUT2D eigenvalue weighted by Gasteiger charge is -2.00. The van der Waals surface area contributed by atoms with Crippen molar-refractivity contribution in [2.75, 3.05) is 7.05 Å². The van der Waals surface area contributed by atoms with E-state index in [-0.39, 0.29) is 0 Å². The first kappa shape index (κ1) is 8.76. The summed E-state index contributed by atoms with van der Waals surface area (Å²) in [5, 5.41) is 3.32. The zero-order valence-electron chi connectivity index (χ0n) is 8.38. The first-order valence-electron chi connectivity index (χ1n) is 5.02. The molecule has 13 heavy (non-hydrogen) atoms. The third-order valence-corrected chi connectivity index (χ3v) is 2.91. The highest BCUT2D eigenvalue weighted by molar-refractivity contribution is 5.22. The Morgan fingerprint density at radius 1 is 1.31 bits per heavy atom. The van der Waals surface area contributed by atoms with E-state index >= 15 is 0 Å². The van der Waals surface area contributed by atoms with Gasteiger partial charge in [0.05, 0.1) is 0 Å². The molecule has 1 aromatic carbocycles. The Balaban J connectivity index is 1.92. The molecule has 1 saturated carbocycles. The molecule has 0 heterocycles. The van der Waals surface area contributed by atoms with Gasteiger partial charge in [0, 0.05) is 6.04 Å². The van der Waals surface area contributed by atoms with E-state index in [9.17, 15) is 0 Å². The first-order chi connectivity index (χ1) is 6.29. The second-order valence-corrected chi connectivity index (χ2v) is 4.08. The van der Waals surface area contributed by atoms with Crippen LogP contribution in [0.1, 0.15) is 17.5 Å². The van der Waals surface area contributed by atoms with Crippen molar-refractivity contribution in [3.05, 3.63) is 35.4 Å². The Hall–Kier alpha value is -0.820. The number of nitrogens with one attached hydrogen (secondary N) is 1. The molecule has 1 heteroatoms. The monoisotopic (exact) mass is 175 g/mol. The molecule has 0 spiro atoms. The summed E-state index contributed by atoms with van der Waals surface area (Å²) in [7, 11) is 2.06. The maximum Gasteiger partial charge on any atom is 0.00994 e. The van der Waals surface area contributed by atoms with Crippen molar-refractivity contribution in [1.29, 1.82) is 0 Å².